The Bertz CT molecular complexity index is 855. The molecular formula is C39H76NO8P. The maximum atomic E-state index is 13.2. The Kier molecular flexibility index (Phi) is 33.5. The first-order valence-corrected chi connectivity index (χ1v) is 21.7. The van der Waals surface area contributed by atoms with E-state index in [2.05, 4.69) is 26.0 Å². The number of hydrogen-bond acceptors (Lipinski definition) is 7. The van der Waals surface area contributed by atoms with Crippen LogP contribution in [-0.4, -0.2) is 57.3 Å². The number of nitrogens with one attached hydrogen (secondary N) is 1. The summed E-state index contributed by atoms with van der Waals surface area (Å²) in [6.07, 6.45) is 30.2. The summed E-state index contributed by atoms with van der Waals surface area (Å²) < 4.78 is 16.9. The summed E-state index contributed by atoms with van der Waals surface area (Å²) in [4.78, 5) is 36.3. The number of hydrogen-bond donors (Lipinski definition) is 5. The highest BCUT2D eigenvalue weighted by atomic mass is 31.2. The lowest BCUT2D eigenvalue weighted by Crippen LogP contribution is -2.43. The molecule has 0 aromatic rings. The minimum absolute atomic E-state index is 0.0799. The zero-order valence-electron chi connectivity index (χ0n) is 31.5. The molecule has 49 heavy (non-hydrogen) atoms. The SMILES string of the molecule is CCCCCCCC/C=C\CCCCCCCC(=O)C(C(=O)CCCCCCCCCCCCCCC)C(O)C(O)OP(=O)(O)NCCO. The number of carbonyl (C=O) groups is 2. The highest BCUT2D eigenvalue weighted by Gasteiger charge is 2.39. The van der Waals surface area contributed by atoms with Crippen molar-refractivity contribution < 1.29 is 38.9 Å². The van der Waals surface area contributed by atoms with Gasteiger partial charge < -0.3 is 20.2 Å². The van der Waals surface area contributed by atoms with Crippen molar-refractivity contribution in [3.8, 4) is 0 Å². The molecule has 0 bridgehead atoms. The number of unbranched alkanes of at least 4 members (excludes halogenated alkanes) is 23. The molecule has 0 aliphatic carbocycles. The van der Waals surface area contributed by atoms with Gasteiger partial charge in [-0.2, -0.15) is 0 Å². The van der Waals surface area contributed by atoms with Gasteiger partial charge in [0.2, 0.25) is 0 Å². The zero-order valence-corrected chi connectivity index (χ0v) is 32.4. The van der Waals surface area contributed by atoms with Crippen LogP contribution in [0.5, 0.6) is 0 Å². The first-order valence-electron chi connectivity index (χ1n) is 20.1. The van der Waals surface area contributed by atoms with E-state index < -0.39 is 44.2 Å². The van der Waals surface area contributed by atoms with E-state index in [-0.39, 0.29) is 19.4 Å². The lowest BCUT2D eigenvalue weighted by Gasteiger charge is -2.26. The van der Waals surface area contributed by atoms with E-state index in [1.54, 1.807) is 0 Å². The second kappa shape index (κ2) is 34.2. The fourth-order valence-corrected chi connectivity index (χ4v) is 7.03. The van der Waals surface area contributed by atoms with Crippen LogP contribution in [-0.2, 0) is 18.7 Å². The van der Waals surface area contributed by atoms with E-state index >= 15 is 0 Å². The fourth-order valence-electron chi connectivity index (χ4n) is 6.16. The van der Waals surface area contributed by atoms with Gasteiger partial charge in [-0.15, -0.1) is 0 Å². The topological polar surface area (TPSA) is 153 Å². The smallest absolute Gasteiger partial charge is 0.395 e. The number of aliphatic hydroxyl groups is 3. The minimum Gasteiger partial charge on any atom is -0.395 e. The number of allylic oxidation sites excluding steroid dienone is 2. The summed E-state index contributed by atoms with van der Waals surface area (Å²) in [6, 6.07) is 0. The molecule has 4 unspecified atom stereocenters. The van der Waals surface area contributed by atoms with Gasteiger partial charge in [-0.25, -0.2) is 9.65 Å². The van der Waals surface area contributed by atoms with Gasteiger partial charge in [0.25, 0.3) is 0 Å². The highest BCUT2D eigenvalue weighted by molar-refractivity contribution is 7.50. The van der Waals surface area contributed by atoms with Crippen LogP contribution >= 0.6 is 7.75 Å². The van der Waals surface area contributed by atoms with Gasteiger partial charge in [0, 0.05) is 19.4 Å². The Morgan fingerprint density at radius 3 is 1.33 bits per heavy atom. The van der Waals surface area contributed by atoms with Crippen molar-refractivity contribution in [2.75, 3.05) is 13.2 Å². The molecule has 5 N–H and O–H groups in total. The third-order valence-electron chi connectivity index (χ3n) is 9.21. The standard InChI is InChI=1S/C39H76NO8P/c1-3-5-7-9-11-13-15-17-18-20-22-24-26-28-30-32-36(43)37(38(44)39(45)48-49(46,47)40-33-34-41)35(42)31-29-27-25-23-21-19-16-14-12-10-8-6-4-2/h17-18,37-39,41,44-45H,3-16,19-34H2,1-2H3,(H2,40,46,47)/b18-17-. The zero-order chi connectivity index (χ0) is 36.4. The van der Waals surface area contributed by atoms with Crippen LogP contribution < -0.4 is 5.09 Å². The highest BCUT2D eigenvalue weighted by Crippen LogP contribution is 2.39. The van der Waals surface area contributed by atoms with E-state index in [4.69, 9.17) is 9.63 Å². The molecule has 0 saturated heterocycles. The predicted molar refractivity (Wildman–Crippen MR) is 201 cm³/mol. The van der Waals surface area contributed by atoms with Gasteiger partial charge in [0.15, 0.2) is 6.29 Å². The molecule has 10 heteroatoms. The van der Waals surface area contributed by atoms with Crippen LogP contribution in [0.4, 0.5) is 0 Å². The van der Waals surface area contributed by atoms with Gasteiger partial charge in [0.1, 0.15) is 23.6 Å². The molecule has 0 saturated carbocycles. The molecule has 0 radical (unpaired) electrons. The summed E-state index contributed by atoms with van der Waals surface area (Å²) in [6.45, 7) is 3.75. The van der Waals surface area contributed by atoms with Gasteiger partial charge in [-0.3, -0.25) is 14.1 Å². The van der Waals surface area contributed by atoms with E-state index in [1.165, 1.54) is 96.3 Å². The third kappa shape index (κ3) is 29.4. The molecular weight excluding hydrogens is 641 g/mol. The maximum absolute atomic E-state index is 13.2. The molecule has 0 aromatic carbocycles. The summed E-state index contributed by atoms with van der Waals surface area (Å²) in [5.74, 6) is -2.49. The Morgan fingerprint density at radius 1 is 0.612 bits per heavy atom. The lowest BCUT2D eigenvalue weighted by atomic mass is 9.87. The lowest BCUT2D eigenvalue weighted by molar-refractivity contribution is -0.157. The first kappa shape index (κ1) is 48.1. The van der Waals surface area contributed by atoms with Crippen molar-refractivity contribution in [2.45, 2.75) is 206 Å². The first-order chi connectivity index (χ1) is 23.7. The van der Waals surface area contributed by atoms with Gasteiger partial charge >= 0.3 is 7.75 Å². The minimum atomic E-state index is -4.57. The molecule has 0 aliphatic rings. The molecule has 0 rings (SSSR count). The average Bonchev–Trinajstić information content (AvgIpc) is 3.07. The molecule has 9 nitrogen and oxygen atoms in total. The Hall–Kier alpha value is -0.930. The number of Topliss-reactive ketones (excluding diaryl/α,β-unsaturated/α-hetero) is 2. The Balaban J connectivity index is 4.58. The van der Waals surface area contributed by atoms with Crippen LogP contribution in [0.2, 0.25) is 0 Å². The fraction of sp³-hybridized carbons (Fsp3) is 0.897. The molecule has 0 heterocycles. The monoisotopic (exact) mass is 718 g/mol. The van der Waals surface area contributed by atoms with Crippen molar-refractivity contribution in [1.82, 2.24) is 5.09 Å². The molecule has 0 amide bonds. The Morgan fingerprint density at radius 2 is 0.959 bits per heavy atom. The normalized spacial score (nSPS) is 15.0. The van der Waals surface area contributed by atoms with E-state index in [9.17, 15) is 29.3 Å². The molecule has 0 aliphatic heterocycles. The van der Waals surface area contributed by atoms with Crippen molar-refractivity contribution in [3.05, 3.63) is 12.2 Å². The van der Waals surface area contributed by atoms with E-state index in [1.807, 2.05) is 5.09 Å². The summed E-state index contributed by atoms with van der Waals surface area (Å²) >= 11 is 0. The van der Waals surface area contributed by atoms with Crippen molar-refractivity contribution in [3.63, 3.8) is 0 Å². The number of rotatable bonds is 38. The number of ketones is 2. The van der Waals surface area contributed by atoms with E-state index in [0.29, 0.717) is 12.8 Å². The predicted octanol–water partition coefficient (Wildman–Crippen LogP) is 9.64. The van der Waals surface area contributed by atoms with Gasteiger partial charge in [-0.05, 0) is 38.5 Å². The summed E-state index contributed by atoms with van der Waals surface area (Å²) in [5, 5.41) is 32.1. The molecule has 4 atom stereocenters. The van der Waals surface area contributed by atoms with Gasteiger partial charge in [-0.1, -0.05) is 154 Å². The molecule has 0 spiro atoms. The second-order valence-corrected chi connectivity index (χ2v) is 15.4. The molecule has 0 aromatic heterocycles. The van der Waals surface area contributed by atoms with Crippen LogP contribution in [0.25, 0.3) is 0 Å². The average molecular weight is 718 g/mol. The van der Waals surface area contributed by atoms with Crippen LogP contribution in [0.15, 0.2) is 12.2 Å². The Labute approximate surface area is 300 Å². The van der Waals surface area contributed by atoms with Crippen molar-refractivity contribution in [1.29, 1.82) is 0 Å². The van der Waals surface area contributed by atoms with Crippen LogP contribution in [0.3, 0.4) is 0 Å². The number of carbonyl (C=O) groups excluding carboxylic acids is 2. The number of aliphatic hydroxyl groups excluding tert-OH is 3. The second-order valence-electron chi connectivity index (χ2n) is 13.9. The molecule has 290 valence electrons. The summed E-state index contributed by atoms with van der Waals surface area (Å²) in [5.41, 5.74) is 0. The largest absolute Gasteiger partial charge is 0.405 e. The van der Waals surface area contributed by atoms with Crippen LogP contribution in [0.1, 0.15) is 194 Å². The maximum Gasteiger partial charge on any atom is 0.405 e. The van der Waals surface area contributed by atoms with E-state index in [0.717, 1.165) is 57.8 Å². The summed E-state index contributed by atoms with van der Waals surface area (Å²) in [7, 11) is -4.57. The van der Waals surface area contributed by atoms with Crippen molar-refractivity contribution in [2.24, 2.45) is 5.92 Å². The molecule has 0 fully saturated rings. The quantitative estimate of drug-likeness (QED) is 0.0138. The van der Waals surface area contributed by atoms with Crippen LogP contribution in [0, 0.1) is 5.92 Å². The van der Waals surface area contributed by atoms with Gasteiger partial charge in [0.05, 0.1) is 6.61 Å². The third-order valence-corrected chi connectivity index (χ3v) is 10.3. The van der Waals surface area contributed by atoms with Crippen molar-refractivity contribution >= 4 is 19.3 Å².